The second-order valence-corrected chi connectivity index (χ2v) is 6.86. The number of amides is 1. The molecule has 0 radical (unpaired) electrons. The lowest BCUT2D eigenvalue weighted by Gasteiger charge is -2.25. The topological polar surface area (TPSA) is 72.2 Å². The molecule has 0 heterocycles. The van der Waals surface area contributed by atoms with Crippen molar-refractivity contribution >= 4 is 27.5 Å². The summed E-state index contributed by atoms with van der Waals surface area (Å²) in [5.74, 6) is 0.0815. The molecule has 1 amide bonds. The highest BCUT2D eigenvalue weighted by atomic mass is 79.9. The lowest BCUT2D eigenvalue weighted by atomic mass is 9.89. The number of hydrogen-bond donors (Lipinski definition) is 1. The van der Waals surface area contributed by atoms with Crippen LogP contribution in [0, 0.1) is 23.0 Å². The molecule has 0 aromatic heterocycles. The van der Waals surface area contributed by atoms with Crippen molar-refractivity contribution in [1.82, 2.24) is 5.32 Å². The molecule has 2 rings (SSSR count). The SMILES string of the molecule is Cc1cccc(C(=O)NCC2CCCC(Br)C2)c1[N+](=O)[O-]. The van der Waals surface area contributed by atoms with Gasteiger partial charge in [0.2, 0.25) is 0 Å². The van der Waals surface area contributed by atoms with Crippen LogP contribution in [0.2, 0.25) is 0 Å². The quantitative estimate of drug-likeness (QED) is 0.510. The number of benzene rings is 1. The average Bonchev–Trinajstić information content (AvgIpc) is 2.44. The lowest BCUT2D eigenvalue weighted by molar-refractivity contribution is -0.385. The number of nitro groups is 1. The van der Waals surface area contributed by atoms with Crippen LogP contribution in [-0.4, -0.2) is 22.2 Å². The number of nitrogens with one attached hydrogen (secondary N) is 1. The monoisotopic (exact) mass is 354 g/mol. The van der Waals surface area contributed by atoms with Crippen molar-refractivity contribution in [3.63, 3.8) is 0 Å². The molecule has 5 nitrogen and oxygen atoms in total. The Hall–Kier alpha value is -1.43. The number of para-hydroxylation sites is 1. The van der Waals surface area contributed by atoms with Crippen molar-refractivity contribution in [2.24, 2.45) is 5.92 Å². The van der Waals surface area contributed by atoms with E-state index in [1.807, 2.05) is 0 Å². The molecule has 2 unspecified atom stereocenters. The van der Waals surface area contributed by atoms with E-state index in [0.29, 0.717) is 22.9 Å². The molecule has 1 aliphatic rings. The summed E-state index contributed by atoms with van der Waals surface area (Å²) in [7, 11) is 0. The Kier molecular flexibility index (Phi) is 5.33. The summed E-state index contributed by atoms with van der Waals surface area (Å²) < 4.78 is 0. The minimum atomic E-state index is -0.487. The van der Waals surface area contributed by atoms with E-state index >= 15 is 0 Å². The van der Waals surface area contributed by atoms with Gasteiger partial charge in [-0.1, -0.05) is 34.5 Å². The Morgan fingerprint density at radius 2 is 2.24 bits per heavy atom. The zero-order valence-corrected chi connectivity index (χ0v) is 13.6. The molecule has 2 atom stereocenters. The predicted molar refractivity (Wildman–Crippen MR) is 84.8 cm³/mol. The molecule has 0 aliphatic heterocycles. The first-order chi connectivity index (χ1) is 9.99. The number of nitro benzene ring substituents is 1. The highest BCUT2D eigenvalue weighted by molar-refractivity contribution is 9.09. The molecule has 21 heavy (non-hydrogen) atoms. The van der Waals surface area contributed by atoms with Crippen LogP contribution in [-0.2, 0) is 0 Å². The van der Waals surface area contributed by atoms with Gasteiger partial charge in [0.1, 0.15) is 5.56 Å². The zero-order valence-electron chi connectivity index (χ0n) is 12.0. The summed E-state index contributed by atoms with van der Waals surface area (Å²) in [5.41, 5.74) is 0.550. The maximum Gasteiger partial charge on any atom is 0.285 e. The van der Waals surface area contributed by atoms with Crippen LogP contribution in [0.5, 0.6) is 0 Å². The summed E-state index contributed by atoms with van der Waals surface area (Å²) in [6.45, 7) is 2.22. The first-order valence-electron chi connectivity index (χ1n) is 7.15. The summed E-state index contributed by atoms with van der Waals surface area (Å²) in [6, 6.07) is 4.83. The highest BCUT2D eigenvalue weighted by Crippen LogP contribution is 2.29. The third kappa shape index (κ3) is 4.03. The van der Waals surface area contributed by atoms with Gasteiger partial charge in [-0.2, -0.15) is 0 Å². The fourth-order valence-electron chi connectivity index (χ4n) is 2.83. The Balaban J connectivity index is 2.04. The Labute approximate surface area is 132 Å². The molecule has 1 aliphatic carbocycles. The molecule has 1 saturated carbocycles. The van der Waals surface area contributed by atoms with Crippen LogP contribution in [0.1, 0.15) is 41.6 Å². The Morgan fingerprint density at radius 1 is 1.48 bits per heavy atom. The van der Waals surface area contributed by atoms with E-state index in [0.717, 1.165) is 19.3 Å². The molecule has 1 fully saturated rings. The molecule has 6 heteroatoms. The number of rotatable bonds is 4. The molecular formula is C15H19BrN2O3. The van der Waals surface area contributed by atoms with Gasteiger partial charge in [0, 0.05) is 16.9 Å². The van der Waals surface area contributed by atoms with Gasteiger partial charge in [-0.15, -0.1) is 0 Å². The third-order valence-electron chi connectivity index (χ3n) is 3.94. The minimum absolute atomic E-state index is 0.1000. The van der Waals surface area contributed by atoms with Crippen LogP contribution in [0.4, 0.5) is 5.69 Å². The van der Waals surface area contributed by atoms with Gasteiger partial charge in [0.15, 0.2) is 0 Å². The van der Waals surface area contributed by atoms with Gasteiger partial charge in [0.25, 0.3) is 11.6 Å². The molecule has 1 N–H and O–H groups in total. The average molecular weight is 355 g/mol. The first kappa shape index (κ1) is 15.9. The minimum Gasteiger partial charge on any atom is -0.352 e. The second-order valence-electron chi connectivity index (χ2n) is 5.57. The lowest BCUT2D eigenvalue weighted by Crippen LogP contribution is -2.32. The molecule has 0 spiro atoms. The van der Waals surface area contributed by atoms with Crippen LogP contribution >= 0.6 is 15.9 Å². The molecular weight excluding hydrogens is 336 g/mol. The fraction of sp³-hybridized carbons (Fsp3) is 0.533. The van der Waals surface area contributed by atoms with Crippen molar-refractivity contribution in [2.75, 3.05) is 6.54 Å². The van der Waals surface area contributed by atoms with Gasteiger partial charge in [-0.25, -0.2) is 0 Å². The molecule has 0 saturated heterocycles. The van der Waals surface area contributed by atoms with Crippen molar-refractivity contribution < 1.29 is 9.72 Å². The van der Waals surface area contributed by atoms with Crippen LogP contribution in [0.25, 0.3) is 0 Å². The number of carbonyl (C=O) groups excluding carboxylic acids is 1. The molecule has 114 valence electrons. The van der Waals surface area contributed by atoms with Crippen molar-refractivity contribution in [2.45, 2.75) is 37.4 Å². The maximum absolute atomic E-state index is 12.2. The summed E-state index contributed by atoms with van der Waals surface area (Å²) in [4.78, 5) is 23.4. The normalized spacial score (nSPS) is 21.8. The summed E-state index contributed by atoms with van der Waals surface area (Å²) in [6.07, 6.45) is 4.46. The van der Waals surface area contributed by atoms with Crippen molar-refractivity contribution in [3.05, 3.63) is 39.4 Å². The largest absolute Gasteiger partial charge is 0.352 e. The Bertz CT molecular complexity index is 548. The highest BCUT2D eigenvalue weighted by Gasteiger charge is 2.24. The zero-order chi connectivity index (χ0) is 15.4. The summed E-state index contributed by atoms with van der Waals surface area (Å²) in [5, 5.41) is 14.0. The number of aryl methyl sites for hydroxylation is 1. The number of alkyl halides is 1. The first-order valence-corrected chi connectivity index (χ1v) is 8.07. The van der Waals surface area contributed by atoms with Crippen molar-refractivity contribution in [1.29, 1.82) is 0 Å². The molecule has 0 bridgehead atoms. The van der Waals surface area contributed by atoms with E-state index < -0.39 is 4.92 Å². The number of nitrogens with zero attached hydrogens (tertiary/aromatic N) is 1. The number of carbonyl (C=O) groups is 1. The fourth-order valence-corrected chi connectivity index (χ4v) is 3.68. The van der Waals surface area contributed by atoms with Gasteiger partial charge < -0.3 is 5.32 Å². The standard InChI is InChI=1S/C15H19BrN2O3/c1-10-4-2-7-13(14(10)18(20)21)15(19)17-9-11-5-3-6-12(16)8-11/h2,4,7,11-12H,3,5-6,8-9H2,1H3,(H,17,19). The molecule has 1 aromatic rings. The van der Waals surface area contributed by atoms with E-state index in [-0.39, 0.29) is 17.2 Å². The maximum atomic E-state index is 12.2. The third-order valence-corrected chi connectivity index (χ3v) is 4.77. The second kappa shape index (κ2) is 7.02. The van der Waals surface area contributed by atoms with E-state index in [2.05, 4.69) is 21.2 Å². The predicted octanol–water partition coefficient (Wildman–Crippen LogP) is 3.59. The van der Waals surface area contributed by atoms with E-state index in [1.165, 1.54) is 12.5 Å². The smallest absolute Gasteiger partial charge is 0.285 e. The van der Waals surface area contributed by atoms with E-state index in [4.69, 9.17) is 0 Å². The number of halogens is 1. The summed E-state index contributed by atoms with van der Waals surface area (Å²) >= 11 is 3.62. The van der Waals surface area contributed by atoms with E-state index in [9.17, 15) is 14.9 Å². The van der Waals surface area contributed by atoms with Gasteiger partial charge in [-0.3, -0.25) is 14.9 Å². The van der Waals surface area contributed by atoms with E-state index in [1.54, 1.807) is 19.1 Å². The van der Waals surface area contributed by atoms with Gasteiger partial charge in [0.05, 0.1) is 4.92 Å². The van der Waals surface area contributed by atoms with Crippen LogP contribution in [0.15, 0.2) is 18.2 Å². The van der Waals surface area contributed by atoms with Crippen LogP contribution in [0.3, 0.4) is 0 Å². The van der Waals surface area contributed by atoms with Gasteiger partial charge in [-0.05, 0) is 38.2 Å². The Morgan fingerprint density at radius 3 is 2.90 bits per heavy atom. The van der Waals surface area contributed by atoms with Gasteiger partial charge >= 0.3 is 0 Å². The number of hydrogen-bond acceptors (Lipinski definition) is 3. The van der Waals surface area contributed by atoms with Crippen molar-refractivity contribution in [3.8, 4) is 0 Å². The molecule has 1 aromatic carbocycles. The van der Waals surface area contributed by atoms with Crippen LogP contribution < -0.4 is 5.32 Å².